The summed E-state index contributed by atoms with van der Waals surface area (Å²) in [6.07, 6.45) is 0.796. The normalized spacial score (nSPS) is 14.1. The first-order chi connectivity index (χ1) is 12.5. The standard InChI is InChI=1S/C15H16F2N6O3/c1-26-15(25)19-6-9-7-23(21-20-9)10-4-11(16)14(12(17)5-10)22-3-2-18-13(24)8-22/h4-5,7H,2-3,6,8H2,1H3,(H,18,24)(H,19,25). The Morgan fingerprint density at radius 1 is 1.38 bits per heavy atom. The van der Waals surface area contributed by atoms with Crippen molar-refractivity contribution >= 4 is 17.7 Å². The van der Waals surface area contributed by atoms with E-state index in [9.17, 15) is 18.4 Å². The number of amides is 2. The Morgan fingerprint density at radius 2 is 2.12 bits per heavy atom. The Kier molecular flexibility index (Phi) is 4.96. The lowest BCUT2D eigenvalue weighted by atomic mass is 10.2. The topological polar surface area (TPSA) is 101 Å². The van der Waals surface area contributed by atoms with Crippen LogP contribution in [0.4, 0.5) is 19.3 Å². The minimum Gasteiger partial charge on any atom is -0.453 e. The molecule has 2 heterocycles. The van der Waals surface area contributed by atoms with Crippen molar-refractivity contribution in [3.8, 4) is 5.69 Å². The molecule has 1 aliphatic heterocycles. The van der Waals surface area contributed by atoms with Gasteiger partial charge in [0.1, 0.15) is 11.4 Å². The van der Waals surface area contributed by atoms with Crippen molar-refractivity contribution in [3.63, 3.8) is 0 Å². The summed E-state index contributed by atoms with van der Waals surface area (Å²) in [6.45, 7) is 0.573. The van der Waals surface area contributed by atoms with Gasteiger partial charge in [0.25, 0.3) is 0 Å². The van der Waals surface area contributed by atoms with Crippen LogP contribution in [-0.4, -0.2) is 53.7 Å². The maximum absolute atomic E-state index is 14.5. The average Bonchev–Trinajstić information content (AvgIpc) is 3.08. The van der Waals surface area contributed by atoms with E-state index in [1.807, 2.05) is 0 Å². The van der Waals surface area contributed by atoms with Crippen LogP contribution in [0.25, 0.3) is 5.69 Å². The lowest BCUT2D eigenvalue weighted by molar-refractivity contribution is -0.120. The van der Waals surface area contributed by atoms with Crippen LogP contribution in [0, 0.1) is 11.6 Å². The summed E-state index contributed by atoms with van der Waals surface area (Å²) >= 11 is 0. The monoisotopic (exact) mass is 366 g/mol. The number of nitrogens with zero attached hydrogens (tertiary/aromatic N) is 4. The molecule has 1 fully saturated rings. The molecule has 1 aromatic heterocycles. The third kappa shape index (κ3) is 3.71. The average molecular weight is 366 g/mol. The molecule has 3 rings (SSSR count). The molecule has 0 atom stereocenters. The van der Waals surface area contributed by atoms with Crippen LogP contribution >= 0.6 is 0 Å². The molecule has 138 valence electrons. The first kappa shape index (κ1) is 17.6. The highest BCUT2D eigenvalue weighted by Crippen LogP contribution is 2.26. The van der Waals surface area contributed by atoms with E-state index in [0.717, 1.165) is 12.1 Å². The van der Waals surface area contributed by atoms with Gasteiger partial charge in [-0.05, 0) is 0 Å². The highest BCUT2D eigenvalue weighted by atomic mass is 19.1. The van der Waals surface area contributed by atoms with Gasteiger partial charge in [-0.25, -0.2) is 18.3 Å². The number of methoxy groups -OCH3 is 1. The molecule has 1 saturated heterocycles. The van der Waals surface area contributed by atoms with Crippen molar-refractivity contribution < 1.29 is 23.1 Å². The first-order valence-corrected chi connectivity index (χ1v) is 7.72. The van der Waals surface area contributed by atoms with E-state index in [1.54, 1.807) is 0 Å². The van der Waals surface area contributed by atoms with E-state index in [-0.39, 0.29) is 30.4 Å². The van der Waals surface area contributed by atoms with Gasteiger partial charge in [-0.15, -0.1) is 5.10 Å². The van der Waals surface area contributed by atoms with Gasteiger partial charge >= 0.3 is 6.09 Å². The molecule has 0 aliphatic carbocycles. The maximum Gasteiger partial charge on any atom is 0.407 e. The second-order valence-corrected chi connectivity index (χ2v) is 5.53. The van der Waals surface area contributed by atoms with Crippen molar-refractivity contribution in [2.24, 2.45) is 0 Å². The zero-order chi connectivity index (χ0) is 18.7. The Hall–Kier alpha value is -3.24. The zero-order valence-electron chi connectivity index (χ0n) is 13.8. The smallest absolute Gasteiger partial charge is 0.407 e. The van der Waals surface area contributed by atoms with Crippen molar-refractivity contribution in [2.75, 3.05) is 31.6 Å². The maximum atomic E-state index is 14.5. The number of rotatable bonds is 4. The number of halogens is 2. The molecule has 9 nitrogen and oxygen atoms in total. The van der Waals surface area contributed by atoms with E-state index < -0.39 is 17.7 Å². The number of nitrogens with one attached hydrogen (secondary N) is 2. The van der Waals surface area contributed by atoms with E-state index in [2.05, 4.69) is 25.7 Å². The Labute approximate surface area is 146 Å². The summed E-state index contributed by atoms with van der Waals surface area (Å²) in [6, 6.07) is 2.22. The van der Waals surface area contributed by atoms with Gasteiger partial charge in [-0.1, -0.05) is 5.21 Å². The molecule has 1 aromatic carbocycles. The van der Waals surface area contributed by atoms with Crippen molar-refractivity contribution in [1.29, 1.82) is 0 Å². The number of carbonyl (C=O) groups excluding carboxylic acids is 2. The van der Waals surface area contributed by atoms with E-state index in [0.29, 0.717) is 18.8 Å². The van der Waals surface area contributed by atoms with E-state index >= 15 is 0 Å². The summed E-state index contributed by atoms with van der Waals surface area (Å²) in [5.41, 5.74) is 0.256. The van der Waals surface area contributed by atoms with Gasteiger partial charge in [0.15, 0.2) is 11.6 Å². The molecule has 2 aromatic rings. The van der Waals surface area contributed by atoms with Gasteiger partial charge < -0.3 is 20.3 Å². The lowest BCUT2D eigenvalue weighted by Crippen LogP contribution is -2.48. The minimum atomic E-state index is -0.806. The second-order valence-electron chi connectivity index (χ2n) is 5.53. The van der Waals surface area contributed by atoms with Gasteiger partial charge in [0, 0.05) is 25.2 Å². The van der Waals surface area contributed by atoms with Crippen LogP contribution in [0.2, 0.25) is 0 Å². The van der Waals surface area contributed by atoms with Gasteiger partial charge in [-0.2, -0.15) is 0 Å². The zero-order valence-corrected chi connectivity index (χ0v) is 13.8. The van der Waals surface area contributed by atoms with Crippen molar-refractivity contribution in [2.45, 2.75) is 6.54 Å². The fourth-order valence-corrected chi connectivity index (χ4v) is 2.56. The molecule has 0 spiro atoms. The summed E-state index contributed by atoms with van der Waals surface area (Å²) in [5, 5.41) is 12.6. The fraction of sp³-hybridized carbons (Fsp3) is 0.333. The summed E-state index contributed by atoms with van der Waals surface area (Å²) in [4.78, 5) is 23.8. The third-order valence-electron chi connectivity index (χ3n) is 3.76. The Balaban J connectivity index is 1.80. The first-order valence-electron chi connectivity index (χ1n) is 7.72. The molecule has 2 N–H and O–H groups in total. The number of benzene rings is 1. The fourth-order valence-electron chi connectivity index (χ4n) is 2.56. The number of piperazine rings is 1. The number of hydrogen-bond acceptors (Lipinski definition) is 6. The summed E-state index contributed by atoms with van der Waals surface area (Å²) < 4.78 is 34.6. The highest BCUT2D eigenvalue weighted by Gasteiger charge is 2.23. The number of anilines is 1. The molecular formula is C15H16F2N6O3. The van der Waals surface area contributed by atoms with Gasteiger partial charge in [0.05, 0.1) is 32.1 Å². The number of hydrogen-bond donors (Lipinski definition) is 2. The second kappa shape index (κ2) is 7.33. The molecule has 26 heavy (non-hydrogen) atoms. The van der Waals surface area contributed by atoms with E-state index in [4.69, 9.17) is 0 Å². The minimum absolute atomic E-state index is 0.0542. The van der Waals surface area contributed by atoms with Crippen LogP contribution in [0.1, 0.15) is 5.69 Å². The third-order valence-corrected chi connectivity index (χ3v) is 3.76. The summed E-state index contributed by atoms with van der Waals surface area (Å²) in [7, 11) is 1.23. The molecule has 2 amide bonds. The van der Waals surface area contributed by atoms with E-state index in [1.165, 1.54) is 22.9 Å². The molecule has 0 unspecified atom stereocenters. The van der Waals surface area contributed by atoms with Crippen molar-refractivity contribution in [1.82, 2.24) is 25.6 Å². The largest absolute Gasteiger partial charge is 0.453 e. The Morgan fingerprint density at radius 3 is 2.77 bits per heavy atom. The van der Waals surface area contributed by atoms with Crippen LogP contribution in [0.15, 0.2) is 18.3 Å². The molecule has 1 aliphatic rings. The number of ether oxygens (including phenoxy) is 1. The molecule has 0 bridgehead atoms. The lowest BCUT2D eigenvalue weighted by Gasteiger charge is -2.29. The molecule has 11 heteroatoms. The molecular weight excluding hydrogens is 350 g/mol. The summed E-state index contributed by atoms with van der Waals surface area (Å²) in [5.74, 6) is -1.91. The van der Waals surface area contributed by atoms with Crippen LogP contribution in [0.5, 0.6) is 0 Å². The van der Waals surface area contributed by atoms with Gasteiger partial charge in [-0.3, -0.25) is 4.79 Å². The van der Waals surface area contributed by atoms with Crippen LogP contribution in [-0.2, 0) is 16.1 Å². The van der Waals surface area contributed by atoms with Crippen molar-refractivity contribution in [3.05, 3.63) is 35.7 Å². The van der Waals surface area contributed by atoms with Gasteiger partial charge in [0.2, 0.25) is 5.91 Å². The highest BCUT2D eigenvalue weighted by molar-refractivity contribution is 5.82. The Bertz CT molecular complexity index is 818. The number of aromatic nitrogens is 3. The predicted octanol–water partition coefficient (Wildman–Crippen LogP) is 0.338. The number of carbonyl (C=O) groups is 2. The SMILES string of the molecule is COC(=O)NCc1cn(-c2cc(F)c(N3CCNC(=O)C3)c(F)c2)nn1. The molecule has 0 saturated carbocycles. The van der Waals surface area contributed by atoms with Crippen LogP contribution in [0.3, 0.4) is 0 Å². The van der Waals surface area contributed by atoms with Crippen LogP contribution < -0.4 is 15.5 Å². The predicted molar refractivity (Wildman–Crippen MR) is 85.7 cm³/mol. The quantitative estimate of drug-likeness (QED) is 0.809. The molecule has 0 radical (unpaired) electrons. The number of alkyl carbamates (subject to hydrolysis) is 1.